The van der Waals surface area contributed by atoms with Gasteiger partial charge in [0.25, 0.3) is 0 Å². The maximum atomic E-state index is 13.2. The predicted molar refractivity (Wildman–Crippen MR) is 71.9 cm³/mol. The first kappa shape index (κ1) is 10.9. The van der Waals surface area contributed by atoms with Gasteiger partial charge < -0.3 is 0 Å². The largest absolute Gasteiger partial charge is 0.256 e. The van der Waals surface area contributed by atoms with Gasteiger partial charge in [-0.05, 0) is 47.9 Å². The van der Waals surface area contributed by atoms with Gasteiger partial charge in [0.15, 0.2) is 0 Å². The number of rotatable bonds is 1. The van der Waals surface area contributed by atoms with E-state index in [9.17, 15) is 4.39 Å². The summed E-state index contributed by atoms with van der Waals surface area (Å²) in [5.74, 6) is -0.199. The lowest BCUT2D eigenvalue weighted by Crippen LogP contribution is -1.87. The fraction of sp³-hybridized carbons (Fsp3) is 0.0625. The van der Waals surface area contributed by atoms with Crippen molar-refractivity contribution in [1.29, 1.82) is 0 Å². The Morgan fingerprint density at radius 3 is 2.67 bits per heavy atom. The van der Waals surface area contributed by atoms with Crippen molar-refractivity contribution in [2.45, 2.75) is 6.92 Å². The molecule has 0 bridgehead atoms. The summed E-state index contributed by atoms with van der Waals surface area (Å²) in [7, 11) is 0. The molecule has 0 fully saturated rings. The average Bonchev–Trinajstić information content (AvgIpc) is 2.38. The lowest BCUT2D eigenvalue weighted by atomic mass is 9.97. The van der Waals surface area contributed by atoms with Crippen molar-refractivity contribution in [3.05, 3.63) is 66.1 Å². The maximum Gasteiger partial charge on any atom is 0.123 e. The molecule has 1 nitrogen and oxygen atoms in total. The van der Waals surface area contributed by atoms with Crippen LogP contribution in [0.3, 0.4) is 0 Å². The number of aromatic nitrogens is 1. The molecule has 0 aliphatic heterocycles. The molecule has 0 N–H and O–H groups in total. The van der Waals surface area contributed by atoms with Gasteiger partial charge in [-0.1, -0.05) is 24.3 Å². The van der Waals surface area contributed by atoms with Crippen LogP contribution in [-0.4, -0.2) is 4.98 Å². The summed E-state index contributed by atoms with van der Waals surface area (Å²) < 4.78 is 13.2. The highest BCUT2D eigenvalue weighted by molar-refractivity contribution is 5.95. The number of pyridine rings is 1. The SMILES string of the molecule is Cc1cc(F)ccc1-c1cccc2ncccc12. The summed E-state index contributed by atoms with van der Waals surface area (Å²) in [5.41, 5.74) is 4.04. The molecular formula is C16H12FN. The molecule has 18 heavy (non-hydrogen) atoms. The molecule has 0 atom stereocenters. The van der Waals surface area contributed by atoms with Gasteiger partial charge in [0.2, 0.25) is 0 Å². The minimum atomic E-state index is -0.199. The first-order chi connectivity index (χ1) is 8.75. The highest BCUT2D eigenvalue weighted by Crippen LogP contribution is 2.30. The van der Waals surface area contributed by atoms with E-state index in [1.807, 2.05) is 43.3 Å². The Kier molecular flexibility index (Phi) is 2.56. The number of halogens is 1. The molecule has 0 aliphatic rings. The summed E-state index contributed by atoms with van der Waals surface area (Å²) in [6.45, 7) is 1.92. The zero-order chi connectivity index (χ0) is 12.5. The highest BCUT2D eigenvalue weighted by Gasteiger charge is 2.07. The van der Waals surface area contributed by atoms with E-state index in [4.69, 9.17) is 0 Å². The number of aryl methyl sites for hydroxylation is 1. The van der Waals surface area contributed by atoms with Crippen molar-refractivity contribution in [3.63, 3.8) is 0 Å². The van der Waals surface area contributed by atoms with Crippen LogP contribution in [0.25, 0.3) is 22.0 Å². The number of fused-ring (bicyclic) bond motifs is 1. The second-order valence-corrected chi connectivity index (χ2v) is 4.33. The Hall–Kier alpha value is -2.22. The molecule has 1 heterocycles. The predicted octanol–water partition coefficient (Wildman–Crippen LogP) is 4.35. The van der Waals surface area contributed by atoms with Crippen molar-refractivity contribution in [3.8, 4) is 11.1 Å². The van der Waals surface area contributed by atoms with Crippen LogP contribution in [0.2, 0.25) is 0 Å². The minimum absolute atomic E-state index is 0.199. The van der Waals surface area contributed by atoms with Gasteiger partial charge >= 0.3 is 0 Å². The minimum Gasteiger partial charge on any atom is -0.256 e. The molecule has 1 aromatic heterocycles. The Bertz CT molecular complexity index is 714. The van der Waals surface area contributed by atoms with E-state index in [2.05, 4.69) is 4.98 Å². The third-order valence-electron chi connectivity index (χ3n) is 3.12. The fourth-order valence-electron chi connectivity index (χ4n) is 2.27. The Labute approximate surface area is 105 Å². The molecule has 3 aromatic rings. The van der Waals surface area contributed by atoms with Crippen LogP contribution in [0, 0.1) is 12.7 Å². The van der Waals surface area contributed by atoms with Gasteiger partial charge in [-0.15, -0.1) is 0 Å². The van der Waals surface area contributed by atoms with Gasteiger partial charge in [-0.25, -0.2) is 4.39 Å². The first-order valence-corrected chi connectivity index (χ1v) is 5.86. The topological polar surface area (TPSA) is 12.9 Å². The first-order valence-electron chi connectivity index (χ1n) is 5.86. The maximum absolute atomic E-state index is 13.2. The number of nitrogens with zero attached hydrogens (tertiary/aromatic N) is 1. The van der Waals surface area contributed by atoms with E-state index >= 15 is 0 Å². The van der Waals surface area contributed by atoms with E-state index in [0.29, 0.717) is 0 Å². The molecule has 0 unspecified atom stereocenters. The molecular weight excluding hydrogens is 225 g/mol. The molecule has 0 amide bonds. The third kappa shape index (κ3) is 1.76. The zero-order valence-electron chi connectivity index (χ0n) is 10.0. The highest BCUT2D eigenvalue weighted by atomic mass is 19.1. The van der Waals surface area contributed by atoms with Crippen molar-refractivity contribution in [2.75, 3.05) is 0 Å². The van der Waals surface area contributed by atoms with Crippen LogP contribution in [0.1, 0.15) is 5.56 Å². The van der Waals surface area contributed by atoms with Crippen LogP contribution in [-0.2, 0) is 0 Å². The van der Waals surface area contributed by atoms with Crippen molar-refractivity contribution in [2.24, 2.45) is 0 Å². The van der Waals surface area contributed by atoms with Crippen molar-refractivity contribution in [1.82, 2.24) is 4.98 Å². The van der Waals surface area contributed by atoms with Crippen LogP contribution in [0.5, 0.6) is 0 Å². The van der Waals surface area contributed by atoms with E-state index in [-0.39, 0.29) is 5.82 Å². The van der Waals surface area contributed by atoms with Gasteiger partial charge in [0.05, 0.1) is 5.52 Å². The Morgan fingerprint density at radius 1 is 0.944 bits per heavy atom. The van der Waals surface area contributed by atoms with Gasteiger partial charge in [0.1, 0.15) is 5.82 Å². The lowest BCUT2D eigenvalue weighted by molar-refractivity contribution is 0.627. The number of benzene rings is 2. The summed E-state index contributed by atoms with van der Waals surface area (Å²) in [6, 6.07) is 14.9. The van der Waals surface area contributed by atoms with Crippen LogP contribution in [0.4, 0.5) is 4.39 Å². The molecule has 0 saturated heterocycles. The van der Waals surface area contributed by atoms with Crippen molar-refractivity contribution >= 4 is 10.9 Å². The Morgan fingerprint density at radius 2 is 1.83 bits per heavy atom. The van der Waals surface area contributed by atoms with E-state index in [0.717, 1.165) is 27.6 Å². The smallest absolute Gasteiger partial charge is 0.123 e. The summed E-state index contributed by atoms with van der Waals surface area (Å²) in [5, 5.41) is 1.09. The molecule has 0 radical (unpaired) electrons. The molecule has 0 saturated carbocycles. The van der Waals surface area contributed by atoms with E-state index in [1.54, 1.807) is 12.3 Å². The second kappa shape index (κ2) is 4.22. The molecule has 2 aromatic carbocycles. The normalized spacial score (nSPS) is 10.8. The Balaban J connectivity index is 2.31. The van der Waals surface area contributed by atoms with E-state index in [1.165, 1.54) is 6.07 Å². The third-order valence-corrected chi connectivity index (χ3v) is 3.12. The number of hydrogen-bond acceptors (Lipinski definition) is 1. The van der Waals surface area contributed by atoms with Crippen LogP contribution in [0.15, 0.2) is 54.7 Å². The quantitative estimate of drug-likeness (QED) is 0.613. The van der Waals surface area contributed by atoms with Crippen LogP contribution < -0.4 is 0 Å². The molecule has 2 heteroatoms. The van der Waals surface area contributed by atoms with Crippen molar-refractivity contribution < 1.29 is 4.39 Å². The standard InChI is InChI=1S/C16H12FN/c1-11-10-12(17)7-8-13(11)14-4-2-6-16-15(14)5-3-9-18-16/h2-10H,1H3. The lowest BCUT2D eigenvalue weighted by Gasteiger charge is -2.09. The fourth-order valence-corrected chi connectivity index (χ4v) is 2.27. The number of hydrogen-bond donors (Lipinski definition) is 0. The molecule has 0 aliphatic carbocycles. The van der Waals surface area contributed by atoms with E-state index < -0.39 is 0 Å². The van der Waals surface area contributed by atoms with Crippen LogP contribution >= 0.6 is 0 Å². The summed E-state index contributed by atoms with van der Waals surface area (Å²) in [6.07, 6.45) is 1.78. The average molecular weight is 237 g/mol. The van der Waals surface area contributed by atoms with Gasteiger partial charge in [-0.2, -0.15) is 0 Å². The monoisotopic (exact) mass is 237 g/mol. The molecule has 88 valence electrons. The summed E-state index contributed by atoms with van der Waals surface area (Å²) >= 11 is 0. The van der Waals surface area contributed by atoms with Gasteiger partial charge in [-0.3, -0.25) is 4.98 Å². The zero-order valence-corrected chi connectivity index (χ0v) is 10.0. The molecule has 0 spiro atoms. The van der Waals surface area contributed by atoms with Gasteiger partial charge in [0, 0.05) is 11.6 Å². The molecule has 3 rings (SSSR count). The second-order valence-electron chi connectivity index (χ2n) is 4.33. The summed E-state index contributed by atoms with van der Waals surface area (Å²) in [4.78, 5) is 4.34.